The van der Waals surface area contributed by atoms with Crippen LogP contribution in [0.3, 0.4) is 0 Å². The minimum absolute atomic E-state index is 0.0135. The lowest BCUT2D eigenvalue weighted by molar-refractivity contribution is -0.134. The first-order chi connectivity index (χ1) is 11.1. The first kappa shape index (κ1) is 15.9. The number of carbonyl (C=O) groups is 1. The summed E-state index contributed by atoms with van der Waals surface area (Å²) < 4.78 is 2.59. The number of thioether (sulfide) groups is 1. The zero-order valence-corrected chi connectivity index (χ0v) is 14.1. The van der Waals surface area contributed by atoms with Crippen molar-refractivity contribution in [3.8, 4) is 0 Å². The second-order valence-electron chi connectivity index (χ2n) is 5.70. The lowest BCUT2D eigenvalue weighted by atomic mass is 10.0. The SMILES string of the molecule is CC1SCCN(C(=O)Cn2ncn(C)c2=O)C1c1ccccc1. The summed E-state index contributed by atoms with van der Waals surface area (Å²) >= 11 is 1.87. The monoisotopic (exact) mass is 332 g/mol. The zero-order chi connectivity index (χ0) is 16.4. The van der Waals surface area contributed by atoms with Crippen molar-refractivity contribution in [2.75, 3.05) is 12.3 Å². The summed E-state index contributed by atoms with van der Waals surface area (Å²) in [5.41, 5.74) is 0.864. The van der Waals surface area contributed by atoms with Gasteiger partial charge in [0.05, 0.1) is 6.04 Å². The third kappa shape index (κ3) is 3.19. The molecular formula is C16H20N4O2S. The Kier molecular flexibility index (Phi) is 4.56. The van der Waals surface area contributed by atoms with Crippen molar-refractivity contribution >= 4 is 17.7 Å². The van der Waals surface area contributed by atoms with Crippen LogP contribution in [0.2, 0.25) is 0 Å². The van der Waals surface area contributed by atoms with Crippen molar-refractivity contribution in [3.63, 3.8) is 0 Å². The standard InChI is InChI=1S/C16H20N4O2S/c1-12-15(13-6-4-3-5-7-13)19(8-9-23-12)14(21)10-20-16(22)18(2)11-17-20/h3-7,11-12,15H,8-10H2,1-2H3. The molecule has 1 saturated heterocycles. The molecule has 6 nitrogen and oxygen atoms in total. The lowest BCUT2D eigenvalue weighted by Crippen LogP contribution is -2.46. The van der Waals surface area contributed by atoms with Gasteiger partial charge in [-0.05, 0) is 5.56 Å². The van der Waals surface area contributed by atoms with E-state index in [0.29, 0.717) is 11.8 Å². The third-order valence-corrected chi connectivity index (χ3v) is 5.33. The smallest absolute Gasteiger partial charge is 0.332 e. The first-order valence-corrected chi connectivity index (χ1v) is 8.67. The van der Waals surface area contributed by atoms with Crippen molar-refractivity contribution < 1.29 is 4.79 Å². The van der Waals surface area contributed by atoms with Crippen LogP contribution >= 0.6 is 11.8 Å². The van der Waals surface area contributed by atoms with E-state index in [0.717, 1.165) is 11.3 Å². The molecule has 0 aliphatic carbocycles. The number of carbonyl (C=O) groups excluding carboxylic acids is 1. The molecule has 1 aromatic heterocycles. The molecule has 2 atom stereocenters. The van der Waals surface area contributed by atoms with Gasteiger partial charge < -0.3 is 4.90 Å². The van der Waals surface area contributed by atoms with Crippen LogP contribution in [-0.4, -0.2) is 42.7 Å². The minimum Gasteiger partial charge on any atom is -0.332 e. The maximum atomic E-state index is 12.8. The van der Waals surface area contributed by atoms with Gasteiger partial charge in [0.2, 0.25) is 5.91 Å². The van der Waals surface area contributed by atoms with E-state index < -0.39 is 0 Å². The van der Waals surface area contributed by atoms with Crippen molar-refractivity contribution in [3.05, 3.63) is 52.7 Å². The number of hydrogen-bond acceptors (Lipinski definition) is 4. The van der Waals surface area contributed by atoms with Gasteiger partial charge in [-0.1, -0.05) is 37.3 Å². The van der Waals surface area contributed by atoms with E-state index in [1.165, 1.54) is 15.6 Å². The molecule has 1 fully saturated rings. The Morgan fingerprint density at radius 2 is 2.09 bits per heavy atom. The summed E-state index contributed by atoms with van der Waals surface area (Å²) in [5.74, 6) is 0.847. The summed E-state index contributed by atoms with van der Waals surface area (Å²) in [6.45, 7) is 2.82. The molecule has 0 spiro atoms. The van der Waals surface area contributed by atoms with Crippen molar-refractivity contribution in [1.29, 1.82) is 0 Å². The van der Waals surface area contributed by atoms with Crippen LogP contribution in [0, 0.1) is 0 Å². The fraction of sp³-hybridized carbons (Fsp3) is 0.438. The van der Waals surface area contributed by atoms with Gasteiger partial charge in [-0.3, -0.25) is 9.36 Å². The highest BCUT2D eigenvalue weighted by atomic mass is 32.2. The lowest BCUT2D eigenvalue weighted by Gasteiger charge is -2.40. The molecule has 1 aliphatic rings. The number of aryl methyl sites for hydroxylation is 1. The molecule has 1 amide bonds. The average Bonchev–Trinajstić information content (AvgIpc) is 2.87. The highest BCUT2D eigenvalue weighted by molar-refractivity contribution is 8.00. The van der Waals surface area contributed by atoms with Crippen LogP contribution in [0.4, 0.5) is 0 Å². The molecule has 23 heavy (non-hydrogen) atoms. The zero-order valence-electron chi connectivity index (χ0n) is 13.3. The van der Waals surface area contributed by atoms with Gasteiger partial charge in [-0.2, -0.15) is 16.9 Å². The molecular weight excluding hydrogens is 312 g/mol. The van der Waals surface area contributed by atoms with E-state index in [2.05, 4.69) is 24.2 Å². The topological polar surface area (TPSA) is 60.1 Å². The summed E-state index contributed by atoms with van der Waals surface area (Å²) in [5, 5.41) is 4.30. The Morgan fingerprint density at radius 3 is 2.74 bits per heavy atom. The van der Waals surface area contributed by atoms with Crippen LogP contribution in [0.15, 0.2) is 41.5 Å². The van der Waals surface area contributed by atoms with Gasteiger partial charge in [0.25, 0.3) is 0 Å². The predicted octanol–water partition coefficient (Wildman–Crippen LogP) is 1.29. The fourth-order valence-corrected chi connectivity index (χ4v) is 4.11. The van der Waals surface area contributed by atoms with Crippen molar-refractivity contribution in [1.82, 2.24) is 19.2 Å². The molecule has 0 saturated carbocycles. The summed E-state index contributed by atoms with van der Waals surface area (Å²) in [4.78, 5) is 26.5. The number of hydrogen-bond donors (Lipinski definition) is 0. The highest BCUT2D eigenvalue weighted by Gasteiger charge is 2.33. The molecule has 1 aromatic carbocycles. The van der Waals surface area contributed by atoms with Gasteiger partial charge in [0.15, 0.2) is 0 Å². The molecule has 2 heterocycles. The van der Waals surface area contributed by atoms with Gasteiger partial charge in [-0.25, -0.2) is 9.48 Å². The summed E-state index contributed by atoms with van der Waals surface area (Å²) in [7, 11) is 1.63. The van der Waals surface area contributed by atoms with E-state index in [9.17, 15) is 9.59 Å². The molecule has 2 aromatic rings. The Bertz CT molecular complexity index is 740. The maximum Gasteiger partial charge on any atom is 0.345 e. The van der Waals surface area contributed by atoms with E-state index in [1.807, 2.05) is 34.9 Å². The highest BCUT2D eigenvalue weighted by Crippen LogP contribution is 2.35. The second kappa shape index (κ2) is 6.62. The number of benzene rings is 1. The van der Waals surface area contributed by atoms with Gasteiger partial charge in [0.1, 0.15) is 12.9 Å². The molecule has 0 bridgehead atoms. The minimum atomic E-state index is -0.269. The van der Waals surface area contributed by atoms with E-state index in [1.54, 1.807) is 7.05 Å². The van der Waals surface area contributed by atoms with Gasteiger partial charge in [0, 0.05) is 24.6 Å². The second-order valence-corrected chi connectivity index (χ2v) is 7.19. The molecule has 122 valence electrons. The Morgan fingerprint density at radius 1 is 1.35 bits per heavy atom. The molecule has 0 N–H and O–H groups in total. The van der Waals surface area contributed by atoms with Gasteiger partial charge >= 0.3 is 5.69 Å². The number of rotatable bonds is 3. The average molecular weight is 332 g/mol. The van der Waals surface area contributed by atoms with Crippen LogP contribution < -0.4 is 5.69 Å². The fourth-order valence-electron chi connectivity index (χ4n) is 2.95. The van der Waals surface area contributed by atoms with E-state index in [-0.39, 0.29) is 24.2 Å². The van der Waals surface area contributed by atoms with Crippen LogP contribution in [0.25, 0.3) is 0 Å². The Hall–Kier alpha value is -2.02. The van der Waals surface area contributed by atoms with Crippen LogP contribution in [-0.2, 0) is 18.4 Å². The quantitative estimate of drug-likeness (QED) is 0.850. The van der Waals surface area contributed by atoms with E-state index in [4.69, 9.17) is 0 Å². The number of aromatic nitrogens is 3. The maximum absolute atomic E-state index is 12.8. The third-order valence-electron chi connectivity index (χ3n) is 4.13. The summed E-state index contributed by atoms with van der Waals surface area (Å²) in [6, 6.07) is 10.1. The number of amides is 1. The number of nitrogens with zero attached hydrogens (tertiary/aromatic N) is 4. The Balaban J connectivity index is 1.85. The largest absolute Gasteiger partial charge is 0.345 e. The van der Waals surface area contributed by atoms with Gasteiger partial charge in [-0.15, -0.1) is 0 Å². The molecule has 3 rings (SSSR count). The summed E-state index contributed by atoms with van der Waals surface area (Å²) in [6.07, 6.45) is 1.43. The molecule has 7 heteroatoms. The normalized spacial score (nSPS) is 21.4. The predicted molar refractivity (Wildman–Crippen MR) is 90.3 cm³/mol. The molecule has 2 unspecified atom stereocenters. The first-order valence-electron chi connectivity index (χ1n) is 7.62. The molecule has 0 radical (unpaired) electrons. The van der Waals surface area contributed by atoms with Crippen molar-refractivity contribution in [2.24, 2.45) is 7.05 Å². The van der Waals surface area contributed by atoms with Crippen LogP contribution in [0.5, 0.6) is 0 Å². The Labute approximate surface area is 139 Å². The molecule has 1 aliphatic heterocycles. The van der Waals surface area contributed by atoms with E-state index >= 15 is 0 Å². The van der Waals surface area contributed by atoms with Crippen molar-refractivity contribution in [2.45, 2.75) is 24.8 Å². The van der Waals surface area contributed by atoms with Crippen LogP contribution in [0.1, 0.15) is 18.5 Å².